The van der Waals surface area contributed by atoms with Crippen LogP contribution in [0.2, 0.25) is 0 Å². The maximum absolute atomic E-state index is 14.9. The second kappa shape index (κ2) is 27.9. The van der Waals surface area contributed by atoms with Crippen molar-refractivity contribution in [2.24, 2.45) is 0 Å². The van der Waals surface area contributed by atoms with Gasteiger partial charge in [0, 0.05) is 42.2 Å². The van der Waals surface area contributed by atoms with Crippen molar-refractivity contribution in [3.63, 3.8) is 0 Å². The number of nitrogens with one attached hydrogen (secondary N) is 7. The van der Waals surface area contributed by atoms with Crippen molar-refractivity contribution in [1.29, 1.82) is 5.41 Å². The number of guanidine groups is 1. The van der Waals surface area contributed by atoms with Gasteiger partial charge in [-0.25, -0.2) is 19.3 Å². The van der Waals surface area contributed by atoms with Crippen LogP contribution in [0.25, 0.3) is 10.9 Å². The Hall–Kier alpha value is -9.45. The number of ether oxygens (including phenoxy) is 4. The normalized spacial score (nSPS) is 12.1. The molecule has 0 saturated carbocycles. The Kier molecular flexibility index (Phi) is 20.1. The van der Waals surface area contributed by atoms with Gasteiger partial charge in [-0.2, -0.15) is 0 Å². The molecule has 1 heterocycles. The van der Waals surface area contributed by atoms with Crippen molar-refractivity contribution in [3.8, 4) is 5.75 Å². The van der Waals surface area contributed by atoms with Gasteiger partial charge in [0.05, 0.1) is 0 Å². The molecule has 78 heavy (non-hydrogen) atoms. The summed E-state index contributed by atoms with van der Waals surface area (Å²) < 4.78 is 22.5. The fraction of sp³-hybridized carbons (Fsp3) is 0.250. The average Bonchev–Trinajstić information content (AvgIpc) is 3.85. The number of para-hydroxylation sites is 2. The van der Waals surface area contributed by atoms with Crippen LogP contribution in [0.15, 0.2) is 176 Å². The van der Waals surface area contributed by atoms with Gasteiger partial charge < -0.3 is 45.2 Å². The number of benzene rings is 6. The smallest absolute Gasteiger partial charge is 0.416 e. The number of amides is 6. The standard InChI is InChI=1S/C60H64N8O10/c1-60(2,3)78-58(73)66-51(35-41-30-32-47(33-31-41)75-38-42-19-8-4-9-20-42)55(71)64-50(53(69)65-52(54(70)63-46-25-14-7-15-26-46)36-45-37-62-49-28-17-16-27-48(45)49)29-18-34-68(59(74)77-40-44-23-12-6-13-24-44)56(61)67-57(72)76-39-43-21-10-5-11-22-43/h4-17,19-28,30-33,37,50-52,62H,18,29,34-36,38-40H2,1-3H3,(H,63,70)(H,64,71)(H,65,69)(H,66,73)(H2,61,67,72)/t50-,51-,52-/m0/s1. The van der Waals surface area contributed by atoms with E-state index in [0.717, 1.165) is 26.9 Å². The van der Waals surface area contributed by atoms with Gasteiger partial charge in [-0.1, -0.05) is 140 Å². The number of aromatic amines is 1. The number of aromatic nitrogens is 1. The number of alkyl carbamates (subject to hydrolysis) is 2. The molecule has 0 radical (unpaired) electrons. The highest BCUT2D eigenvalue weighted by Gasteiger charge is 2.32. The van der Waals surface area contributed by atoms with E-state index in [0.29, 0.717) is 34.7 Å². The molecule has 0 unspecified atom stereocenters. The molecule has 18 nitrogen and oxygen atoms in total. The Labute approximate surface area is 452 Å². The summed E-state index contributed by atoms with van der Waals surface area (Å²) in [5.41, 5.74) is 4.07. The van der Waals surface area contributed by atoms with Gasteiger partial charge >= 0.3 is 18.3 Å². The van der Waals surface area contributed by atoms with Gasteiger partial charge in [-0.05, 0) is 91.8 Å². The van der Waals surface area contributed by atoms with E-state index in [-0.39, 0.29) is 45.4 Å². The Morgan fingerprint density at radius 3 is 1.73 bits per heavy atom. The largest absolute Gasteiger partial charge is 0.489 e. The molecular formula is C60H64N8O10. The number of hydrogen-bond acceptors (Lipinski definition) is 11. The summed E-state index contributed by atoms with van der Waals surface area (Å²) in [6, 6.07) is 46.7. The molecule has 0 aliphatic heterocycles. The van der Waals surface area contributed by atoms with Gasteiger partial charge in [0.15, 0.2) is 0 Å². The first kappa shape index (κ1) is 56.3. The molecule has 18 heteroatoms. The molecule has 6 amide bonds. The van der Waals surface area contributed by atoms with Gasteiger partial charge in [0.1, 0.15) is 49.3 Å². The third-order valence-corrected chi connectivity index (χ3v) is 12.0. The topological polar surface area (TPSA) is 242 Å². The van der Waals surface area contributed by atoms with Crippen LogP contribution in [-0.2, 0) is 61.3 Å². The lowest BCUT2D eigenvalue weighted by molar-refractivity contribution is -0.131. The minimum absolute atomic E-state index is 0.0349. The molecule has 7 aromatic rings. The molecule has 7 N–H and O–H groups in total. The quantitative estimate of drug-likeness (QED) is 0.0193. The lowest BCUT2D eigenvalue weighted by Crippen LogP contribution is -2.57. The summed E-state index contributed by atoms with van der Waals surface area (Å²) in [6.45, 7) is 4.79. The number of nitrogens with zero attached hydrogens (tertiary/aromatic N) is 1. The zero-order chi connectivity index (χ0) is 55.3. The van der Waals surface area contributed by atoms with E-state index in [2.05, 4.69) is 31.6 Å². The second-order valence-corrected chi connectivity index (χ2v) is 19.2. The van der Waals surface area contributed by atoms with E-state index in [9.17, 15) is 28.8 Å². The van der Waals surface area contributed by atoms with Crippen LogP contribution in [-0.4, -0.2) is 82.1 Å². The highest BCUT2D eigenvalue weighted by Crippen LogP contribution is 2.21. The summed E-state index contributed by atoms with van der Waals surface area (Å²) in [6.07, 6.45) is -1.43. The van der Waals surface area contributed by atoms with Gasteiger partial charge in [0.2, 0.25) is 23.7 Å². The van der Waals surface area contributed by atoms with Crippen molar-refractivity contribution < 1.29 is 47.7 Å². The highest BCUT2D eigenvalue weighted by atomic mass is 16.6. The molecule has 7 rings (SSSR count). The first-order chi connectivity index (χ1) is 37.7. The van der Waals surface area contributed by atoms with Crippen molar-refractivity contribution in [3.05, 3.63) is 204 Å². The average molecular weight is 1060 g/mol. The van der Waals surface area contributed by atoms with E-state index in [1.54, 1.807) is 136 Å². The first-order valence-corrected chi connectivity index (χ1v) is 25.5. The van der Waals surface area contributed by atoms with Crippen molar-refractivity contribution >= 4 is 58.6 Å². The summed E-state index contributed by atoms with van der Waals surface area (Å²) in [5.74, 6) is -2.20. The minimum atomic E-state index is -1.43. The van der Waals surface area contributed by atoms with Crippen molar-refractivity contribution in [2.75, 3.05) is 11.9 Å². The molecule has 0 fully saturated rings. The summed E-state index contributed by atoms with van der Waals surface area (Å²) >= 11 is 0. The van der Waals surface area contributed by atoms with Crippen LogP contribution in [0, 0.1) is 5.41 Å². The number of carbonyl (C=O) groups excluding carboxylic acids is 6. The Balaban J connectivity index is 1.15. The molecule has 0 saturated heterocycles. The van der Waals surface area contributed by atoms with Crippen LogP contribution in [0.1, 0.15) is 61.4 Å². The maximum atomic E-state index is 14.9. The van der Waals surface area contributed by atoms with Crippen LogP contribution in [0.4, 0.5) is 20.1 Å². The summed E-state index contributed by atoms with van der Waals surface area (Å²) in [5, 5.41) is 23.3. The Morgan fingerprint density at radius 2 is 1.10 bits per heavy atom. The molecule has 0 aliphatic carbocycles. The van der Waals surface area contributed by atoms with E-state index in [1.165, 1.54) is 0 Å². The maximum Gasteiger partial charge on any atom is 0.416 e. The van der Waals surface area contributed by atoms with Gasteiger partial charge in [-0.3, -0.25) is 25.1 Å². The van der Waals surface area contributed by atoms with Gasteiger partial charge in [0.25, 0.3) is 0 Å². The zero-order valence-corrected chi connectivity index (χ0v) is 43.7. The fourth-order valence-corrected chi connectivity index (χ4v) is 8.12. The number of hydrogen-bond donors (Lipinski definition) is 7. The molecule has 0 aliphatic rings. The number of carbonyl (C=O) groups is 6. The Bertz CT molecular complexity index is 3100. The number of fused-ring (bicyclic) bond motifs is 1. The van der Waals surface area contributed by atoms with Crippen LogP contribution >= 0.6 is 0 Å². The first-order valence-electron chi connectivity index (χ1n) is 25.5. The van der Waals surface area contributed by atoms with Crippen LogP contribution in [0.5, 0.6) is 5.75 Å². The number of anilines is 1. The van der Waals surface area contributed by atoms with E-state index in [4.69, 9.17) is 24.4 Å². The van der Waals surface area contributed by atoms with Crippen molar-refractivity contribution in [2.45, 2.75) is 90.0 Å². The fourth-order valence-electron chi connectivity index (χ4n) is 8.12. The number of rotatable bonds is 22. The molecule has 0 bridgehead atoms. The van der Waals surface area contributed by atoms with Gasteiger partial charge in [-0.15, -0.1) is 0 Å². The summed E-state index contributed by atoms with van der Waals surface area (Å²) in [4.78, 5) is 88.2. The van der Waals surface area contributed by atoms with E-state index >= 15 is 0 Å². The van der Waals surface area contributed by atoms with E-state index < -0.39 is 65.7 Å². The molecule has 3 atom stereocenters. The van der Waals surface area contributed by atoms with E-state index in [1.807, 2.05) is 60.7 Å². The lowest BCUT2D eigenvalue weighted by Gasteiger charge is -2.27. The zero-order valence-electron chi connectivity index (χ0n) is 43.7. The van der Waals surface area contributed by atoms with Crippen molar-refractivity contribution in [1.82, 2.24) is 31.2 Å². The van der Waals surface area contributed by atoms with Crippen LogP contribution in [0.3, 0.4) is 0 Å². The second-order valence-electron chi connectivity index (χ2n) is 19.2. The molecule has 404 valence electrons. The third-order valence-electron chi connectivity index (χ3n) is 12.0. The van der Waals surface area contributed by atoms with Crippen LogP contribution < -0.4 is 31.3 Å². The predicted molar refractivity (Wildman–Crippen MR) is 295 cm³/mol. The number of H-pyrrole nitrogens is 1. The minimum Gasteiger partial charge on any atom is -0.489 e. The SMILES string of the molecule is CC(C)(C)OC(=O)N[C@@H](Cc1ccc(OCc2ccccc2)cc1)C(=O)N[C@@H](CCCN(C(=N)NC(=O)OCc1ccccc1)C(=O)OCc1ccccc1)C(=O)N[C@@H](Cc1c[nH]c2ccccc12)C(=O)Nc1ccccc1. The monoisotopic (exact) mass is 1060 g/mol. The lowest BCUT2D eigenvalue weighted by atomic mass is 10.0. The highest BCUT2D eigenvalue weighted by molar-refractivity contribution is 6.00. The molecule has 0 spiro atoms. The Morgan fingerprint density at radius 1 is 0.564 bits per heavy atom. The molecule has 1 aromatic heterocycles. The summed E-state index contributed by atoms with van der Waals surface area (Å²) in [7, 11) is 0. The molecular weight excluding hydrogens is 993 g/mol. The predicted octanol–water partition coefficient (Wildman–Crippen LogP) is 9.31. The molecule has 6 aromatic carbocycles. The third kappa shape index (κ3) is 17.9.